The number of esters is 1. The molecule has 1 aliphatic rings. The summed E-state index contributed by atoms with van der Waals surface area (Å²) in [5.74, 6) is -1.15. The summed E-state index contributed by atoms with van der Waals surface area (Å²) in [6.45, 7) is 5.81. The second-order valence-electron chi connectivity index (χ2n) is 9.32. The fraction of sp³-hybridized carbons (Fsp3) is 0.407. The number of nitrogens with one attached hydrogen (secondary N) is 1. The SMILES string of the molecule is COC(=O)[C@@H](C)Cn1c(=O)[nH]/c(=N\c2ccc(N3CCCCC3)cc2)n(Cc2ccc(C)cc2)c1=O. The van der Waals surface area contributed by atoms with Crippen LogP contribution in [-0.2, 0) is 22.6 Å². The maximum atomic E-state index is 13.5. The summed E-state index contributed by atoms with van der Waals surface area (Å²) in [5.41, 5.74) is 2.75. The van der Waals surface area contributed by atoms with Gasteiger partial charge in [0, 0.05) is 25.3 Å². The first-order valence-corrected chi connectivity index (χ1v) is 12.3. The molecule has 0 aliphatic carbocycles. The normalized spacial score (nSPS) is 15.1. The van der Waals surface area contributed by atoms with Crippen LogP contribution in [0.5, 0.6) is 0 Å². The van der Waals surface area contributed by atoms with Crippen molar-refractivity contribution in [2.24, 2.45) is 10.9 Å². The number of carbonyl (C=O) groups excluding carboxylic acids is 1. The van der Waals surface area contributed by atoms with Gasteiger partial charge in [-0.2, -0.15) is 0 Å². The van der Waals surface area contributed by atoms with Gasteiger partial charge < -0.3 is 9.64 Å². The summed E-state index contributed by atoms with van der Waals surface area (Å²) in [4.78, 5) is 48.0. The maximum Gasteiger partial charge on any atom is 0.335 e. The van der Waals surface area contributed by atoms with Crippen LogP contribution in [0.3, 0.4) is 0 Å². The third-order valence-corrected chi connectivity index (χ3v) is 6.51. The minimum absolute atomic E-state index is 0.0977. The molecule has 9 nitrogen and oxygen atoms in total. The highest BCUT2D eigenvalue weighted by molar-refractivity contribution is 5.71. The summed E-state index contributed by atoms with van der Waals surface area (Å²) in [5, 5.41) is 0. The smallest absolute Gasteiger partial charge is 0.335 e. The molecule has 0 spiro atoms. The number of aromatic amines is 1. The predicted molar refractivity (Wildman–Crippen MR) is 139 cm³/mol. The lowest BCUT2D eigenvalue weighted by Crippen LogP contribution is -2.51. The number of aryl methyl sites for hydroxylation is 1. The number of benzene rings is 2. The van der Waals surface area contributed by atoms with Gasteiger partial charge in [-0.25, -0.2) is 19.1 Å². The van der Waals surface area contributed by atoms with Crippen molar-refractivity contribution >= 4 is 17.3 Å². The van der Waals surface area contributed by atoms with E-state index in [0.717, 1.165) is 34.5 Å². The molecule has 0 radical (unpaired) electrons. The van der Waals surface area contributed by atoms with Crippen molar-refractivity contribution in [3.63, 3.8) is 0 Å². The Kier molecular flexibility index (Phi) is 7.87. The number of ether oxygens (including phenoxy) is 1. The topological polar surface area (TPSA) is 102 Å². The van der Waals surface area contributed by atoms with Crippen molar-refractivity contribution in [3.8, 4) is 0 Å². The quantitative estimate of drug-likeness (QED) is 0.512. The van der Waals surface area contributed by atoms with Gasteiger partial charge in [0.15, 0.2) is 0 Å². The Morgan fingerprint density at radius 2 is 1.67 bits per heavy atom. The van der Waals surface area contributed by atoms with Gasteiger partial charge in [0.1, 0.15) is 0 Å². The number of anilines is 1. The van der Waals surface area contributed by atoms with Crippen LogP contribution in [0.1, 0.15) is 37.3 Å². The van der Waals surface area contributed by atoms with Gasteiger partial charge in [-0.1, -0.05) is 36.8 Å². The molecule has 1 fully saturated rings. The number of piperidine rings is 1. The number of nitrogens with zero attached hydrogens (tertiary/aromatic N) is 4. The summed E-state index contributed by atoms with van der Waals surface area (Å²) < 4.78 is 7.21. The van der Waals surface area contributed by atoms with E-state index in [0.29, 0.717) is 5.69 Å². The van der Waals surface area contributed by atoms with Gasteiger partial charge in [-0.3, -0.25) is 14.3 Å². The van der Waals surface area contributed by atoms with E-state index in [1.807, 2.05) is 55.5 Å². The monoisotopic (exact) mass is 491 g/mol. The van der Waals surface area contributed by atoms with Crippen LogP contribution in [0, 0.1) is 12.8 Å². The van der Waals surface area contributed by atoms with Crippen LogP contribution >= 0.6 is 0 Å². The second kappa shape index (κ2) is 11.2. The Morgan fingerprint density at radius 1 is 1.00 bits per heavy atom. The molecule has 1 saturated heterocycles. The number of methoxy groups -OCH3 is 1. The zero-order valence-corrected chi connectivity index (χ0v) is 21.1. The Labute approximate surface area is 209 Å². The second-order valence-corrected chi connectivity index (χ2v) is 9.32. The van der Waals surface area contributed by atoms with Crippen molar-refractivity contribution in [3.05, 3.63) is 86.2 Å². The Morgan fingerprint density at radius 3 is 2.31 bits per heavy atom. The van der Waals surface area contributed by atoms with Crippen LogP contribution < -0.4 is 21.9 Å². The van der Waals surface area contributed by atoms with E-state index >= 15 is 0 Å². The van der Waals surface area contributed by atoms with E-state index in [1.165, 1.54) is 30.9 Å². The summed E-state index contributed by atoms with van der Waals surface area (Å²) in [7, 11) is 1.28. The molecule has 36 heavy (non-hydrogen) atoms. The van der Waals surface area contributed by atoms with Crippen LogP contribution in [-0.4, -0.2) is 40.3 Å². The summed E-state index contributed by atoms with van der Waals surface area (Å²) >= 11 is 0. The lowest BCUT2D eigenvalue weighted by molar-refractivity contribution is -0.145. The minimum Gasteiger partial charge on any atom is -0.469 e. The van der Waals surface area contributed by atoms with Gasteiger partial charge in [-0.05, 0) is 56.0 Å². The number of H-pyrrole nitrogens is 1. The molecule has 3 aromatic rings. The molecule has 0 saturated carbocycles. The summed E-state index contributed by atoms with van der Waals surface area (Å²) in [6, 6.07) is 15.6. The fourth-order valence-electron chi connectivity index (χ4n) is 4.38. The zero-order chi connectivity index (χ0) is 25.7. The Balaban J connectivity index is 1.75. The van der Waals surface area contributed by atoms with Crippen LogP contribution in [0.2, 0.25) is 0 Å². The molecule has 0 bridgehead atoms. The van der Waals surface area contributed by atoms with Crippen molar-refractivity contribution in [1.82, 2.24) is 14.1 Å². The van der Waals surface area contributed by atoms with Crippen LogP contribution in [0.4, 0.5) is 11.4 Å². The Bertz CT molecular complexity index is 1380. The molecule has 1 aromatic heterocycles. The van der Waals surface area contributed by atoms with Crippen LogP contribution in [0.15, 0.2) is 63.1 Å². The molecule has 1 atom stereocenters. The third-order valence-electron chi connectivity index (χ3n) is 6.51. The molecule has 0 amide bonds. The number of hydrogen-bond donors (Lipinski definition) is 1. The zero-order valence-electron chi connectivity index (χ0n) is 21.1. The van der Waals surface area contributed by atoms with Gasteiger partial charge in [0.2, 0.25) is 5.62 Å². The van der Waals surface area contributed by atoms with Gasteiger partial charge in [0.25, 0.3) is 0 Å². The first-order chi connectivity index (χ1) is 17.4. The number of hydrogen-bond acceptors (Lipinski definition) is 6. The van der Waals surface area contributed by atoms with Crippen molar-refractivity contribution in [2.45, 2.75) is 46.2 Å². The maximum absolute atomic E-state index is 13.5. The van der Waals surface area contributed by atoms with Crippen molar-refractivity contribution in [1.29, 1.82) is 0 Å². The lowest BCUT2D eigenvalue weighted by Gasteiger charge is -2.28. The molecule has 2 heterocycles. The molecule has 2 aromatic carbocycles. The third kappa shape index (κ3) is 5.84. The number of carbonyl (C=O) groups is 1. The van der Waals surface area contributed by atoms with Gasteiger partial charge in [-0.15, -0.1) is 0 Å². The first kappa shape index (κ1) is 25.2. The average Bonchev–Trinajstić information content (AvgIpc) is 2.90. The molecule has 1 N–H and O–H groups in total. The van der Waals surface area contributed by atoms with Gasteiger partial charge >= 0.3 is 17.3 Å². The van der Waals surface area contributed by atoms with E-state index in [-0.39, 0.29) is 18.7 Å². The largest absolute Gasteiger partial charge is 0.469 e. The average molecular weight is 492 g/mol. The molecule has 9 heteroatoms. The number of rotatable bonds is 7. The standard InChI is InChI=1S/C27H33N5O4/c1-19-7-9-21(10-8-19)18-31-25(29-26(34)32(27(31)35)17-20(2)24(33)36-3)28-22-11-13-23(14-12-22)30-15-5-4-6-16-30/h7-14,20H,4-6,15-18H2,1-3H3,(H,28,29,34)/t20-/m0/s1. The Hall–Kier alpha value is -3.88. The lowest BCUT2D eigenvalue weighted by atomic mass is 10.1. The van der Waals surface area contributed by atoms with Crippen molar-refractivity contribution < 1.29 is 9.53 Å². The molecule has 0 unspecified atom stereocenters. The van der Waals surface area contributed by atoms with E-state index < -0.39 is 23.3 Å². The highest BCUT2D eigenvalue weighted by atomic mass is 16.5. The molecule has 4 rings (SSSR count). The van der Waals surface area contributed by atoms with Crippen LogP contribution in [0.25, 0.3) is 0 Å². The van der Waals surface area contributed by atoms with E-state index in [2.05, 4.69) is 14.9 Å². The molecule has 1 aliphatic heterocycles. The highest BCUT2D eigenvalue weighted by Crippen LogP contribution is 2.22. The molecular weight excluding hydrogens is 458 g/mol. The first-order valence-electron chi connectivity index (χ1n) is 12.3. The highest BCUT2D eigenvalue weighted by Gasteiger charge is 2.18. The van der Waals surface area contributed by atoms with E-state index in [9.17, 15) is 14.4 Å². The molecule has 190 valence electrons. The van der Waals surface area contributed by atoms with Crippen molar-refractivity contribution in [2.75, 3.05) is 25.1 Å². The van der Waals surface area contributed by atoms with E-state index in [1.54, 1.807) is 6.92 Å². The number of aromatic nitrogens is 3. The minimum atomic E-state index is -0.660. The van der Waals surface area contributed by atoms with Gasteiger partial charge in [0.05, 0.1) is 25.3 Å². The van der Waals surface area contributed by atoms with E-state index in [4.69, 9.17) is 4.74 Å². The molecular formula is C27H33N5O4. The fourth-order valence-corrected chi connectivity index (χ4v) is 4.38. The summed E-state index contributed by atoms with van der Waals surface area (Å²) in [6.07, 6.45) is 3.65. The predicted octanol–water partition coefficient (Wildman–Crippen LogP) is 2.73.